The van der Waals surface area contributed by atoms with Crippen molar-refractivity contribution >= 4 is 5.95 Å². The van der Waals surface area contributed by atoms with Crippen LogP contribution in [0.3, 0.4) is 0 Å². The van der Waals surface area contributed by atoms with Crippen molar-refractivity contribution in [1.29, 1.82) is 0 Å². The van der Waals surface area contributed by atoms with E-state index in [9.17, 15) is 5.11 Å². The number of hydrogen-bond donors (Lipinski definition) is 1. The third kappa shape index (κ3) is 2.94. The topological polar surface area (TPSA) is 49.2 Å². The summed E-state index contributed by atoms with van der Waals surface area (Å²) in [4.78, 5) is 10.8. The lowest BCUT2D eigenvalue weighted by molar-refractivity contribution is 0.0556. The Morgan fingerprint density at radius 3 is 2.29 bits per heavy atom. The van der Waals surface area contributed by atoms with Crippen molar-refractivity contribution in [2.75, 3.05) is 18.5 Å². The zero-order valence-electron chi connectivity index (χ0n) is 10.9. The van der Waals surface area contributed by atoms with Crippen molar-refractivity contribution in [3.8, 4) is 0 Å². The smallest absolute Gasteiger partial charge is 0.225 e. The summed E-state index contributed by atoms with van der Waals surface area (Å²) in [5, 5.41) is 10.4. The Bertz CT molecular complexity index is 379. The van der Waals surface area contributed by atoms with Gasteiger partial charge in [0.05, 0.1) is 5.60 Å². The molecule has 0 radical (unpaired) electrons. The SMILES string of the molecule is Cc1cc(C)nc(N(C)CC2(O)CCCC2)n1. The normalized spacial score (nSPS) is 18.4. The summed E-state index contributed by atoms with van der Waals surface area (Å²) in [6, 6.07) is 1.96. The molecule has 1 saturated carbocycles. The minimum atomic E-state index is -0.546. The fourth-order valence-corrected chi connectivity index (χ4v) is 2.58. The van der Waals surface area contributed by atoms with Gasteiger partial charge in [-0.1, -0.05) is 12.8 Å². The molecule has 17 heavy (non-hydrogen) atoms. The molecule has 0 spiro atoms. The molecule has 0 bridgehead atoms. The molecule has 0 unspecified atom stereocenters. The van der Waals surface area contributed by atoms with Gasteiger partial charge in [-0.25, -0.2) is 9.97 Å². The molecule has 0 saturated heterocycles. The van der Waals surface area contributed by atoms with Crippen molar-refractivity contribution in [1.82, 2.24) is 9.97 Å². The zero-order valence-corrected chi connectivity index (χ0v) is 10.9. The lowest BCUT2D eigenvalue weighted by Crippen LogP contribution is -2.40. The van der Waals surface area contributed by atoms with Crippen LogP contribution >= 0.6 is 0 Å². The van der Waals surface area contributed by atoms with Crippen LogP contribution in [0.4, 0.5) is 5.95 Å². The van der Waals surface area contributed by atoms with Crippen LogP contribution in [-0.2, 0) is 0 Å². The van der Waals surface area contributed by atoms with Gasteiger partial charge in [0.1, 0.15) is 0 Å². The van der Waals surface area contributed by atoms with Gasteiger partial charge >= 0.3 is 0 Å². The van der Waals surface area contributed by atoms with Gasteiger partial charge in [0.2, 0.25) is 5.95 Å². The molecule has 0 aromatic carbocycles. The molecule has 1 heterocycles. The second kappa shape index (κ2) is 4.61. The van der Waals surface area contributed by atoms with Gasteiger partial charge in [0, 0.05) is 25.0 Å². The molecule has 1 aliphatic rings. The number of likely N-dealkylation sites (N-methyl/N-ethyl adjacent to an activating group) is 1. The van der Waals surface area contributed by atoms with Gasteiger partial charge in [-0.05, 0) is 32.8 Å². The van der Waals surface area contributed by atoms with Gasteiger partial charge in [-0.2, -0.15) is 0 Å². The van der Waals surface area contributed by atoms with Crippen LogP contribution in [-0.4, -0.2) is 34.3 Å². The molecule has 4 nitrogen and oxygen atoms in total. The molecule has 0 amide bonds. The Labute approximate surface area is 103 Å². The van der Waals surface area contributed by atoms with Crippen molar-refractivity contribution in [2.24, 2.45) is 0 Å². The van der Waals surface area contributed by atoms with E-state index in [1.165, 1.54) is 0 Å². The van der Waals surface area contributed by atoms with E-state index < -0.39 is 5.60 Å². The van der Waals surface area contributed by atoms with Crippen molar-refractivity contribution in [2.45, 2.75) is 45.1 Å². The summed E-state index contributed by atoms with van der Waals surface area (Å²) in [5.41, 5.74) is 1.39. The zero-order chi connectivity index (χ0) is 12.5. The summed E-state index contributed by atoms with van der Waals surface area (Å²) < 4.78 is 0. The fourth-order valence-electron chi connectivity index (χ4n) is 2.58. The molecular formula is C13H21N3O. The van der Waals surface area contributed by atoms with Crippen LogP contribution in [0.25, 0.3) is 0 Å². The first-order chi connectivity index (χ1) is 7.98. The van der Waals surface area contributed by atoms with Crippen LogP contribution in [0.15, 0.2) is 6.07 Å². The number of aromatic nitrogens is 2. The van der Waals surface area contributed by atoms with Crippen LogP contribution in [0, 0.1) is 13.8 Å². The Morgan fingerprint density at radius 2 is 1.76 bits per heavy atom. The first-order valence-corrected chi connectivity index (χ1v) is 6.24. The molecule has 2 rings (SSSR count). The second-order valence-corrected chi connectivity index (χ2v) is 5.24. The van der Waals surface area contributed by atoms with Crippen molar-refractivity contribution < 1.29 is 5.11 Å². The predicted octanol–water partition coefficient (Wildman–Crippen LogP) is 1.83. The molecule has 1 aromatic heterocycles. The molecule has 0 atom stereocenters. The van der Waals surface area contributed by atoms with Gasteiger partial charge in [-0.15, -0.1) is 0 Å². The van der Waals surface area contributed by atoms with E-state index in [1.807, 2.05) is 31.9 Å². The second-order valence-electron chi connectivity index (χ2n) is 5.24. The van der Waals surface area contributed by atoms with Crippen LogP contribution < -0.4 is 4.90 Å². The van der Waals surface area contributed by atoms with E-state index in [0.29, 0.717) is 12.5 Å². The van der Waals surface area contributed by atoms with E-state index >= 15 is 0 Å². The summed E-state index contributed by atoms with van der Waals surface area (Å²) in [5.74, 6) is 0.711. The Hall–Kier alpha value is -1.16. The molecule has 1 aromatic rings. The molecule has 4 heteroatoms. The summed E-state index contributed by atoms with van der Waals surface area (Å²) >= 11 is 0. The Kier molecular flexibility index (Phi) is 3.33. The number of nitrogens with zero attached hydrogens (tertiary/aromatic N) is 3. The lowest BCUT2D eigenvalue weighted by Gasteiger charge is -2.28. The van der Waals surface area contributed by atoms with Crippen molar-refractivity contribution in [3.05, 3.63) is 17.5 Å². The first-order valence-electron chi connectivity index (χ1n) is 6.24. The third-order valence-electron chi connectivity index (χ3n) is 3.38. The number of aliphatic hydroxyl groups is 1. The highest BCUT2D eigenvalue weighted by Gasteiger charge is 2.32. The monoisotopic (exact) mass is 235 g/mol. The number of aryl methyl sites for hydroxylation is 2. The minimum Gasteiger partial charge on any atom is -0.388 e. The van der Waals surface area contributed by atoms with Crippen LogP contribution in [0.5, 0.6) is 0 Å². The molecule has 1 fully saturated rings. The van der Waals surface area contributed by atoms with Crippen molar-refractivity contribution in [3.63, 3.8) is 0 Å². The Balaban J connectivity index is 2.11. The molecule has 1 N–H and O–H groups in total. The largest absolute Gasteiger partial charge is 0.388 e. The number of rotatable bonds is 3. The van der Waals surface area contributed by atoms with Gasteiger partial charge < -0.3 is 10.0 Å². The highest BCUT2D eigenvalue weighted by atomic mass is 16.3. The fraction of sp³-hybridized carbons (Fsp3) is 0.692. The maximum Gasteiger partial charge on any atom is 0.225 e. The van der Waals surface area contributed by atoms with E-state index in [0.717, 1.165) is 37.1 Å². The number of anilines is 1. The number of hydrogen-bond acceptors (Lipinski definition) is 4. The van der Waals surface area contributed by atoms with Crippen LogP contribution in [0.2, 0.25) is 0 Å². The highest BCUT2D eigenvalue weighted by molar-refractivity contribution is 5.31. The third-order valence-corrected chi connectivity index (χ3v) is 3.38. The molecule has 0 aliphatic heterocycles. The van der Waals surface area contributed by atoms with Crippen LogP contribution in [0.1, 0.15) is 37.1 Å². The molecule has 1 aliphatic carbocycles. The average Bonchev–Trinajstić information content (AvgIpc) is 2.63. The maximum absolute atomic E-state index is 10.4. The summed E-state index contributed by atoms with van der Waals surface area (Å²) in [7, 11) is 1.95. The van der Waals surface area contributed by atoms with Gasteiger partial charge in [0.15, 0.2) is 0 Å². The lowest BCUT2D eigenvalue weighted by atomic mass is 10.0. The van der Waals surface area contributed by atoms with E-state index in [1.54, 1.807) is 0 Å². The quantitative estimate of drug-likeness (QED) is 0.868. The Morgan fingerprint density at radius 1 is 1.24 bits per heavy atom. The van der Waals surface area contributed by atoms with Gasteiger partial charge in [-0.3, -0.25) is 0 Å². The first kappa shape index (κ1) is 12.3. The van der Waals surface area contributed by atoms with E-state index in [-0.39, 0.29) is 0 Å². The molecular weight excluding hydrogens is 214 g/mol. The minimum absolute atomic E-state index is 0.546. The van der Waals surface area contributed by atoms with E-state index in [2.05, 4.69) is 9.97 Å². The summed E-state index contributed by atoms with van der Waals surface area (Å²) in [6.45, 7) is 4.56. The maximum atomic E-state index is 10.4. The predicted molar refractivity (Wildman–Crippen MR) is 68.2 cm³/mol. The summed E-state index contributed by atoms with van der Waals surface area (Å²) in [6.07, 6.45) is 4.03. The van der Waals surface area contributed by atoms with E-state index in [4.69, 9.17) is 0 Å². The average molecular weight is 235 g/mol. The standard InChI is InChI=1S/C13H21N3O/c1-10-8-11(2)15-12(14-10)16(3)9-13(17)6-4-5-7-13/h8,17H,4-7,9H2,1-3H3. The molecule has 94 valence electrons. The van der Waals surface area contributed by atoms with Gasteiger partial charge in [0.25, 0.3) is 0 Å². The highest BCUT2D eigenvalue weighted by Crippen LogP contribution is 2.30.